The molecule has 0 N–H and O–H groups in total. The van der Waals surface area contributed by atoms with E-state index < -0.39 is 0 Å². The van der Waals surface area contributed by atoms with Gasteiger partial charge in [-0.2, -0.15) is 0 Å². The summed E-state index contributed by atoms with van der Waals surface area (Å²) in [5.74, 6) is 0. The van der Waals surface area contributed by atoms with Gasteiger partial charge in [-0.15, -0.1) is 0 Å². The molecule has 0 bridgehead atoms. The minimum Gasteiger partial charge on any atom is -0.376 e. The summed E-state index contributed by atoms with van der Waals surface area (Å²) in [6.07, 6.45) is 0. The molecule has 2 heteroatoms. The van der Waals surface area contributed by atoms with E-state index >= 15 is 0 Å². The van der Waals surface area contributed by atoms with Gasteiger partial charge in [-0.05, 0) is 57.5 Å². The standard InChI is InChI=1S/C36H26BN/c1-4-12-27(13-5-1)29-20-23-31(24-21-29)37-35-19-11-10-18-33(35)34-26-30(28-14-6-2-7-15-28)22-25-36(34)38(37)32-16-8-3-9-17-32/h1-26H. The number of para-hydroxylation sites is 1. The van der Waals surface area contributed by atoms with Crippen molar-refractivity contribution in [3.05, 3.63) is 158 Å². The molecule has 1 aliphatic heterocycles. The molecular weight excluding hydrogens is 457 g/mol. The van der Waals surface area contributed by atoms with Crippen LogP contribution in [-0.2, 0) is 0 Å². The first-order valence-electron chi connectivity index (χ1n) is 13.2. The molecule has 0 saturated carbocycles. The topological polar surface area (TPSA) is 3.24 Å². The number of hydrogen-bond donors (Lipinski definition) is 0. The fraction of sp³-hybridized carbons (Fsp3) is 0. The van der Waals surface area contributed by atoms with Crippen molar-refractivity contribution in [3.63, 3.8) is 0 Å². The lowest BCUT2D eigenvalue weighted by atomic mass is 9.45. The Morgan fingerprint density at radius 1 is 0.395 bits per heavy atom. The van der Waals surface area contributed by atoms with Gasteiger partial charge in [0, 0.05) is 16.9 Å². The molecule has 178 valence electrons. The first kappa shape index (κ1) is 22.4. The maximum Gasteiger partial charge on any atom is 0.328 e. The molecule has 38 heavy (non-hydrogen) atoms. The first-order valence-corrected chi connectivity index (χ1v) is 13.2. The van der Waals surface area contributed by atoms with Crippen LogP contribution in [0.1, 0.15) is 0 Å². The molecule has 0 unspecified atom stereocenters. The van der Waals surface area contributed by atoms with Crippen molar-refractivity contribution >= 4 is 29.1 Å². The van der Waals surface area contributed by atoms with E-state index in [0.29, 0.717) is 0 Å². The third-order valence-electron chi connectivity index (χ3n) is 7.53. The van der Waals surface area contributed by atoms with Gasteiger partial charge in [0.05, 0.1) is 0 Å². The summed E-state index contributed by atoms with van der Waals surface area (Å²) in [5, 5.41) is 0. The highest BCUT2D eigenvalue weighted by atomic mass is 15.1. The molecule has 0 aromatic heterocycles. The van der Waals surface area contributed by atoms with Crippen molar-refractivity contribution < 1.29 is 0 Å². The van der Waals surface area contributed by atoms with Crippen LogP contribution in [-0.4, -0.2) is 6.85 Å². The smallest absolute Gasteiger partial charge is 0.328 e. The van der Waals surface area contributed by atoms with E-state index in [-0.39, 0.29) is 6.85 Å². The number of nitrogens with zero attached hydrogens (tertiary/aromatic N) is 1. The largest absolute Gasteiger partial charge is 0.376 e. The lowest BCUT2D eigenvalue weighted by molar-refractivity contribution is 1.36. The Labute approximate surface area is 224 Å². The molecule has 0 spiro atoms. The van der Waals surface area contributed by atoms with Gasteiger partial charge >= 0.3 is 6.85 Å². The van der Waals surface area contributed by atoms with E-state index in [1.54, 1.807) is 0 Å². The van der Waals surface area contributed by atoms with Crippen LogP contribution in [0.2, 0.25) is 0 Å². The lowest BCUT2D eigenvalue weighted by Crippen LogP contribution is -2.57. The summed E-state index contributed by atoms with van der Waals surface area (Å²) in [7, 11) is 0. The van der Waals surface area contributed by atoms with Crippen LogP contribution in [0.4, 0.5) is 11.4 Å². The fourth-order valence-electron chi connectivity index (χ4n) is 5.72. The maximum atomic E-state index is 2.50. The molecule has 1 heterocycles. The Bertz CT molecular complexity index is 1690. The fourth-order valence-corrected chi connectivity index (χ4v) is 5.72. The van der Waals surface area contributed by atoms with Gasteiger partial charge in [0.2, 0.25) is 0 Å². The van der Waals surface area contributed by atoms with E-state index in [4.69, 9.17) is 0 Å². The van der Waals surface area contributed by atoms with Gasteiger partial charge in [-0.25, -0.2) is 0 Å². The quantitative estimate of drug-likeness (QED) is 0.230. The van der Waals surface area contributed by atoms with Crippen LogP contribution in [0, 0.1) is 0 Å². The molecule has 0 atom stereocenters. The molecule has 0 aliphatic carbocycles. The Morgan fingerprint density at radius 3 is 1.61 bits per heavy atom. The lowest BCUT2D eigenvalue weighted by Gasteiger charge is -2.39. The molecule has 0 saturated heterocycles. The zero-order chi connectivity index (χ0) is 25.3. The van der Waals surface area contributed by atoms with Gasteiger partial charge in [0.1, 0.15) is 0 Å². The Balaban J connectivity index is 1.42. The van der Waals surface area contributed by atoms with Crippen LogP contribution in [0.25, 0.3) is 33.4 Å². The molecule has 6 aromatic rings. The second-order valence-corrected chi connectivity index (χ2v) is 9.78. The van der Waals surface area contributed by atoms with Crippen molar-refractivity contribution in [2.75, 3.05) is 4.81 Å². The maximum absolute atomic E-state index is 2.50. The molecule has 1 nitrogen and oxygen atoms in total. The van der Waals surface area contributed by atoms with E-state index in [1.807, 2.05) is 0 Å². The third kappa shape index (κ3) is 3.92. The first-order chi connectivity index (χ1) is 18.9. The molecule has 6 aromatic carbocycles. The van der Waals surface area contributed by atoms with E-state index in [9.17, 15) is 0 Å². The molecule has 7 rings (SSSR count). The second kappa shape index (κ2) is 9.57. The second-order valence-electron chi connectivity index (χ2n) is 9.78. The summed E-state index contributed by atoms with van der Waals surface area (Å²) in [6, 6.07) is 56.9. The average molecular weight is 483 g/mol. The third-order valence-corrected chi connectivity index (χ3v) is 7.53. The highest BCUT2D eigenvalue weighted by molar-refractivity contribution is 6.90. The molecule has 1 aliphatic rings. The van der Waals surface area contributed by atoms with Gasteiger partial charge in [0.15, 0.2) is 0 Å². The highest BCUT2D eigenvalue weighted by Crippen LogP contribution is 2.41. The molecular formula is C36H26BN. The Hall–Kier alpha value is -4.82. The summed E-state index contributed by atoms with van der Waals surface area (Å²) in [5.41, 5.74) is 12.5. The average Bonchev–Trinajstić information content (AvgIpc) is 3.01. The predicted molar refractivity (Wildman–Crippen MR) is 163 cm³/mol. The summed E-state index contributed by atoms with van der Waals surface area (Å²) in [6.45, 7) is 0.0634. The molecule has 0 radical (unpaired) electrons. The Morgan fingerprint density at radius 2 is 0.921 bits per heavy atom. The number of hydrogen-bond acceptors (Lipinski definition) is 1. The molecule has 0 fully saturated rings. The minimum absolute atomic E-state index is 0.0634. The van der Waals surface area contributed by atoms with Crippen molar-refractivity contribution in [2.24, 2.45) is 0 Å². The molecule has 0 amide bonds. The van der Waals surface area contributed by atoms with Crippen LogP contribution < -0.4 is 15.7 Å². The minimum atomic E-state index is 0.0634. The van der Waals surface area contributed by atoms with Crippen LogP contribution in [0.15, 0.2) is 158 Å². The van der Waals surface area contributed by atoms with Gasteiger partial charge < -0.3 is 4.81 Å². The summed E-state index contributed by atoms with van der Waals surface area (Å²) in [4.78, 5) is 2.50. The van der Waals surface area contributed by atoms with Crippen molar-refractivity contribution in [2.45, 2.75) is 0 Å². The summed E-state index contributed by atoms with van der Waals surface area (Å²) >= 11 is 0. The predicted octanol–water partition coefficient (Wildman–Crippen LogP) is 7.95. The van der Waals surface area contributed by atoms with E-state index in [0.717, 1.165) is 0 Å². The van der Waals surface area contributed by atoms with Crippen LogP contribution in [0.3, 0.4) is 0 Å². The van der Waals surface area contributed by atoms with Crippen LogP contribution in [0.5, 0.6) is 0 Å². The number of rotatable bonds is 4. The van der Waals surface area contributed by atoms with Crippen molar-refractivity contribution in [3.8, 4) is 33.4 Å². The normalized spacial score (nSPS) is 12.1. The van der Waals surface area contributed by atoms with Crippen molar-refractivity contribution in [1.82, 2.24) is 0 Å². The van der Waals surface area contributed by atoms with Gasteiger partial charge in [0.25, 0.3) is 0 Å². The van der Waals surface area contributed by atoms with E-state index in [2.05, 4.69) is 163 Å². The summed E-state index contributed by atoms with van der Waals surface area (Å²) < 4.78 is 0. The van der Waals surface area contributed by atoms with Gasteiger partial charge in [-0.1, -0.05) is 139 Å². The Kier molecular flexibility index (Phi) is 5.64. The zero-order valence-corrected chi connectivity index (χ0v) is 21.0. The van der Waals surface area contributed by atoms with Gasteiger partial charge in [-0.3, -0.25) is 0 Å². The number of benzene rings is 6. The highest BCUT2D eigenvalue weighted by Gasteiger charge is 2.37. The number of anilines is 2. The van der Waals surface area contributed by atoms with E-state index in [1.165, 1.54) is 55.7 Å². The zero-order valence-electron chi connectivity index (χ0n) is 21.0. The monoisotopic (exact) mass is 483 g/mol. The van der Waals surface area contributed by atoms with Crippen molar-refractivity contribution in [1.29, 1.82) is 0 Å². The SMILES string of the molecule is c1ccc(-c2ccc(B3c4ccccc4-c4cc(-c5ccccc5)ccc4N3c3ccccc3)cc2)cc1. The number of fused-ring (bicyclic) bond motifs is 3. The van der Waals surface area contributed by atoms with Crippen LogP contribution >= 0.6 is 0 Å².